The molecule has 0 saturated carbocycles. The third-order valence-electron chi connectivity index (χ3n) is 4.14. The Bertz CT molecular complexity index is 1270. The van der Waals surface area contributed by atoms with Crippen molar-refractivity contribution in [3.05, 3.63) is 34.1 Å². The number of carbonyl (C=O) groups is 1. The first-order chi connectivity index (χ1) is 14.3. The second-order valence-electron chi connectivity index (χ2n) is 6.67. The van der Waals surface area contributed by atoms with Crippen molar-refractivity contribution in [3.63, 3.8) is 0 Å². The van der Waals surface area contributed by atoms with Crippen LogP contribution in [0.3, 0.4) is 0 Å². The Hall–Kier alpha value is -3.65. The van der Waals surface area contributed by atoms with E-state index < -0.39 is 5.91 Å². The summed E-state index contributed by atoms with van der Waals surface area (Å²) in [6, 6.07) is 5.32. The molecular formula is C16H16BrN10O3+. The molecule has 0 aliphatic carbocycles. The van der Waals surface area contributed by atoms with Gasteiger partial charge in [0.25, 0.3) is 0 Å². The van der Waals surface area contributed by atoms with Crippen molar-refractivity contribution in [1.82, 2.24) is 30.3 Å². The molecule has 3 heterocycles. The van der Waals surface area contributed by atoms with Gasteiger partial charge in [-0.25, -0.2) is 4.63 Å². The quantitative estimate of drug-likeness (QED) is 0.305. The first kappa shape index (κ1) is 19.7. The topological polar surface area (TPSA) is 178 Å². The molecule has 0 unspecified atom stereocenters. The molecule has 0 saturated heterocycles. The van der Waals surface area contributed by atoms with Crippen LogP contribution in [-0.2, 0) is 6.54 Å². The summed E-state index contributed by atoms with van der Waals surface area (Å²) in [5, 5.41) is 33.5. The smallest absolute Gasteiger partial charge is 0.318 e. The number of benzene rings is 1. The number of nitrogens with zero attached hydrogens (tertiary/aromatic N) is 7. The van der Waals surface area contributed by atoms with E-state index in [9.17, 15) is 9.90 Å². The zero-order chi connectivity index (χ0) is 21.4. The molecule has 0 aliphatic heterocycles. The van der Waals surface area contributed by atoms with Crippen LogP contribution in [0.2, 0.25) is 0 Å². The molecule has 0 bridgehead atoms. The summed E-state index contributed by atoms with van der Waals surface area (Å²) >= 11 is 3.37. The number of azo groups is 1. The molecule has 0 atom stereocenters. The lowest BCUT2D eigenvalue weighted by atomic mass is 10.2. The number of aromatic nitrogens is 6. The van der Waals surface area contributed by atoms with E-state index in [0.29, 0.717) is 23.1 Å². The predicted octanol–water partition coefficient (Wildman–Crippen LogP) is 0.751. The Balaban J connectivity index is 1.72. The molecule has 0 spiro atoms. The number of rotatable bonds is 5. The Morgan fingerprint density at radius 1 is 1.40 bits per heavy atom. The van der Waals surface area contributed by atoms with Crippen LogP contribution >= 0.6 is 15.9 Å². The zero-order valence-electron chi connectivity index (χ0n) is 15.8. The van der Waals surface area contributed by atoms with Crippen molar-refractivity contribution in [2.75, 3.05) is 19.8 Å². The second-order valence-corrected chi connectivity index (χ2v) is 7.59. The van der Waals surface area contributed by atoms with Crippen LogP contribution in [0.25, 0.3) is 16.7 Å². The second kappa shape index (κ2) is 7.64. The highest BCUT2D eigenvalue weighted by molar-refractivity contribution is 9.10. The fourth-order valence-corrected chi connectivity index (χ4v) is 3.21. The van der Waals surface area contributed by atoms with Gasteiger partial charge < -0.3 is 20.7 Å². The van der Waals surface area contributed by atoms with Crippen molar-refractivity contribution in [2.45, 2.75) is 6.54 Å². The van der Waals surface area contributed by atoms with E-state index in [1.807, 2.05) is 20.2 Å². The number of nitrogen functional groups attached to an aromatic ring is 1. The molecule has 1 amide bonds. The van der Waals surface area contributed by atoms with Gasteiger partial charge in [-0.3, -0.25) is 4.79 Å². The van der Waals surface area contributed by atoms with E-state index in [-0.39, 0.29) is 28.9 Å². The van der Waals surface area contributed by atoms with Crippen molar-refractivity contribution in [3.8, 4) is 11.7 Å². The summed E-state index contributed by atoms with van der Waals surface area (Å²) in [6.07, 6.45) is 0. The van der Waals surface area contributed by atoms with Gasteiger partial charge in [0.2, 0.25) is 17.5 Å². The van der Waals surface area contributed by atoms with Crippen LogP contribution in [0.4, 0.5) is 11.5 Å². The minimum atomic E-state index is -0.740. The molecule has 3 aromatic heterocycles. The number of quaternary nitrogens is 1. The van der Waals surface area contributed by atoms with Gasteiger partial charge in [-0.1, -0.05) is 21.1 Å². The Morgan fingerprint density at radius 2 is 2.20 bits per heavy atom. The molecule has 4 rings (SSSR count). The van der Waals surface area contributed by atoms with Gasteiger partial charge in [0.05, 0.1) is 19.6 Å². The third-order valence-corrected chi connectivity index (χ3v) is 4.63. The number of anilines is 1. The van der Waals surface area contributed by atoms with E-state index in [1.54, 1.807) is 12.1 Å². The zero-order valence-corrected chi connectivity index (χ0v) is 17.4. The van der Waals surface area contributed by atoms with Gasteiger partial charge in [0.1, 0.15) is 12.2 Å². The highest BCUT2D eigenvalue weighted by Gasteiger charge is 2.26. The van der Waals surface area contributed by atoms with Gasteiger partial charge in [0.15, 0.2) is 11.4 Å². The van der Waals surface area contributed by atoms with Gasteiger partial charge in [-0.15, -0.1) is 15.3 Å². The lowest BCUT2D eigenvalue weighted by Gasteiger charge is -2.08. The van der Waals surface area contributed by atoms with E-state index in [1.165, 1.54) is 4.68 Å². The van der Waals surface area contributed by atoms with Crippen LogP contribution < -0.4 is 10.6 Å². The molecule has 30 heavy (non-hydrogen) atoms. The molecule has 4 aromatic rings. The molecule has 14 heteroatoms. The van der Waals surface area contributed by atoms with Gasteiger partial charge in [-0.05, 0) is 28.5 Å². The van der Waals surface area contributed by atoms with Crippen LogP contribution in [0.5, 0.6) is 5.88 Å². The number of carbonyl (C=O) groups excluding carboxylic acids is 1. The van der Waals surface area contributed by atoms with Gasteiger partial charge >= 0.3 is 5.91 Å². The molecule has 0 radical (unpaired) electrons. The molecule has 0 fully saturated rings. The van der Waals surface area contributed by atoms with Gasteiger partial charge in [0, 0.05) is 9.86 Å². The average Bonchev–Trinajstić information content (AvgIpc) is 3.36. The maximum Gasteiger partial charge on any atom is 0.318 e. The summed E-state index contributed by atoms with van der Waals surface area (Å²) in [4.78, 5) is 16.5. The SMILES string of the molecule is C[NH+](C)Cc1c(C(=O)N=Nc2c(O)[nH]c3ccc(Br)cc23)nnn1-c1nonc1N. The summed E-state index contributed by atoms with van der Waals surface area (Å²) < 4.78 is 6.67. The Morgan fingerprint density at radius 3 is 2.90 bits per heavy atom. The molecule has 154 valence electrons. The van der Waals surface area contributed by atoms with Crippen molar-refractivity contribution >= 4 is 44.2 Å². The predicted molar refractivity (Wildman–Crippen MR) is 107 cm³/mol. The highest BCUT2D eigenvalue weighted by atomic mass is 79.9. The number of hydrogen-bond acceptors (Lipinski definition) is 9. The monoisotopic (exact) mass is 475 g/mol. The molecule has 13 nitrogen and oxygen atoms in total. The first-order valence-electron chi connectivity index (χ1n) is 8.63. The Kier molecular flexibility index (Phi) is 5.01. The minimum Gasteiger partial charge on any atom is -0.493 e. The van der Waals surface area contributed by atoms with Crippen LogP contribution in [0.1, 0.15) is 16.2 Å². The average molecular weight is 476 g/mol. The summed E-state index contributed by atoms with van der Waals surface area (Å²) in [6.45, 7) is 0.362. The van der Waals surface area contributed by atoms with Crippen molar-refractivity contribution < 1.29 is 19.4 Å². The number of amides is 1. The number of fused-ring (bicyclic) bond motifs is 1. The van der Waals surface area contributed by atoms with E-state index in [4.69, 9.17) is 5.73 Å². The maximum atomic E-state index is 12.7. The molecule has 0 aliphatic rings. The van der Waals surface area contributed by atoms with E-state index in [0.717, 1.165) is 9.37 Å². The Labute approximate surface area is 176 Å². The van der Waals surface area contributed by atoms with E-state index >= 15 is 0 Å². The molecular weight excluding hydrogens is 460 g/mol. The lowest BCUT2D eigenvalue weighted by Crippen LogP contribution is -3.04. The van der Waals surface area contributed by atoms with Crippen LogP contribution in [0.15, 0.2) is 37.5 Å². The third kappa shape index (κ3) is 3.53. The van der Waals surface area contributed by atoms with Crippen molar-refractivity contribution in [1.29, 1.82) is 0 Å². The number of halogens is 1. The van der Waals surface area contributed by atoms with Crippen molar-refractivity contribution in [2.24, 2.45) is 10.2 Å². The standard InChI is InChI=1S/C16H15BrN10O3/c1-26(2)6-10-12(21-25-27(10)14-13(18)23-30-24-14)16(29)22-20-11-8-5-7(17)3-4-9(8)19-15(11)28/h3-5,19,28H,6H2,1-2H3,(H2,18,23)/p+1. The summed E-state index contributed by atoms with van der Waals surface area (Å²) in [5.41, 5.74) is 6.90. The number of aromatic hydroxyl groups is 1. The number of nitrogens with one attached hydrogen (secondary N) is 2. The minimum absolute atomic E-state index is 0.00447. The molecule has 1 aromatic carbocycles. The summed E-state index contributed by atoms with van der Waals surface area (Å²) in [7, 11) is 3.78. The number of H-pyrrole nitrogens is 1. The number of aromatic amines is 1. The van der Waals surface area contributed by atoms with Gasteiger partial charge in [-0.2, -0.15) is 4.68 Å². The lowest BCUT2D eigenvalue weighted by molar-refractivity contribution is -0.873. The first-order valence-corrected chi connectivity index (χ1v) is 9.42. The normalized spacial score (nSPS) is 11.9. The molecule has 5 N–H and O–H groups in total. The van der Waals surface area contributed by atoms with Crippen LogP contribution in [-0.4, -0.2) is 55.4 Å². The fourth-order valence-electron chi connectivity index (χ4n) is 2.85. The number of hydrogen-bond donors (Lipinski definition) is 4. The van der Waals surface area contributed by atoms with E-state index in [2.05, 4.69) is 56.4 Å². The number of nitrogens with two attached hydrogens (primary N) is 1. The van der Waals surface area contributed by atoms with Crippen LogP contribution in [0, 0.1) is 0 Å². The largest absolute Gasteiger partial charge is 0.493 e. The maximum absolute atomic E-state index is 12.7. The highest BCUT2D eigenvalue weighted by Crippen LogP contribution is 2.36. The summed E-state index contributed by atoms with van der Waals surface area (Å²) in [5.74, 6) is -0.822. The fraction of sp³-hybridized carbons (Fsp3) is 0.188.